The van der Waals surface area contributed by atoms with Crippen molar-refractivity contribution in [3.05, 3.63) is 41.6 Å². The van der Waals surface area contributed by atoms with Gasteiger partial charge in [-0.1, -0.05) is 11.6 Å². The number of hydrogen-bond donors (Lipinski definition) is 1. The van der Waals surface area contributed by atoms with Crippen molar-refractivity contribution in [3.8, 4) is 11.4 Å². The van der Waals surface area contributed by atoms with Crippen LogP contribution in [0.2, 0.25) is 5.02 Å². The Kier molecular flexibility index (Phi) is 2.45. The zero-order valence-corrected chi connectivity index (χ0v) is 10.5. The fourth-order valence-electron chi connectivity index (χ4n) is 2.03. The molecule has 90 valence electrons. The van der Waals surface area contributed by atoms with Gasteiger partial charge >= 0.3 is 0 Å². The summed E-state index contributed by atoms with van der Waals surface area (Å²) in [5, 5.41) is 0.602. The van der Waals surface area contributed by atoms with Crippen LogP contribution < -0.4 is 5.73 Å². The first-order chi connectivity index (χ1) is 8.65. The van der Waals surface area contributed by atoms with Crippen LogP contribution in [0.4, 0.5) is 5.69 Å². The summed E-state index contributed by atoms with van der Waals surface area (Å²) in [5.41, 5.74) is 9.01. The highest BCUT2D eigenvalue weighted by atomic mass is 35.5. The number of benzene rings is 1. The van der Waals surface area contributed by atoms with Crippen molar-refractivity contribution in [1.29, 1.82) is 0 Å². The minimum absolute atomic E-state index is 0.602. The third-order valence-electron chi connectivity index (χ3n) is 2.84. The molecule has 0 aliphatic rings. The summed E-state index contributed by atoms with van der Waals surface area (Å²) in [5.74, 6) is 0.804. The van der Waals surface area contributed by atoms with E-state index in [1.165, 1.54) is 0 Å². The number of nitrogens with zero attached hydrogens (tertiary/aromatic N) is 3. The molecule has 3 rings (SSSR count). The van der Waals surface area contributed by atoms with E-state index in [0.29, 0.717) is 16.4 Å². The molecular formula is C13H11ClN4. The van der Waals surface area contributed by atoms with E-state index >= 15 is 0 Å². The molecule has 0 bridgehead atoms. The van der Waals surface area contributed by atoms with Crippen LogP contribution in [0.15, 0.2) is 36.5 Å². The van der Waals surface area contributed by atoms with Crippen LogP contribution in [-0.4, -0.2) is 14.5 Å². The molecule has 0 aliphatic carbocycles. The molecule has 1 aromatic carbocycles. The Balaban J connectivity index is 2.28. The number of halogens is 1. The molecule has 4 nitrogen and oxygen atoms in total. The smallest absolute Gasteiger partial charge is 0.178 e. The van der Waals surface area contributed by atoms with Gasteiger partial charge in [-0.25, -0.2) is 9.97 Å². The lowest BCUT2D eigenvalue weighted by Gasteiger charge is -2.04. The van der Waals surface area contributed by atoms with E-state index in [1.54, 1.807) is 12.3 Å². The second-order valence-corrected chi connectivity index (χ2v) is 4.55. The summed E-state index contributed by atoms with van der Waals surface area (Å²) in [7, 11) is 1.95. The molecule has 2 heterocycles. The van der Waals surface area contributed by atoms with E-state index in [1.807, 2.05) is 35.9 Å². The first-order valence-electron chi connectivity index (χ1n) is 5.49. The van der Waals surface area contributed by atoms with Crippen LogP contribution in [0.25, 0.3) is 22.6 Å². The summed E-state index contributed by atoms with van der Waals surface area (Å²) in [6.07, 6.45) is 1.73. The summed E-state index contributed by atoms with van der Waals surface area (Å²) in [6.45, 7) is 0. The molecule has 0 aliphatic heterocycles. The topological polar surface area (TPSA) is 56.7 Å². The second-order valence-electron chi connectivity index (χ2n) is 4.11. The van der Waals surface area contributed by atoms with Crippen LogP contribution in [0, 0.1) is 0 Å². The number of nitrogen functional groups attached to an aromatic ring is 1. The third kappa shape index (κ3) is 1.71. The van der Waals surface area contributed by atoms with Crippen molar-refractivity contribution < 1.29 is 0 Å². The zero-order valence-electron chi connectivity index (χ0n) is 9.76. The van der Waals surface area contributed by atoms with Crippen molar-refractivity contribution in [2.45, 2.75) is 0 Å². The quantitative estimate of drug-likeness (QED) is 0.683. The van der Waals surface area contributed by atoms with E-state index in [2.05, 4.69) is 9.97 Å². The van der Waals surface area contributed by atoms with Crippen LogP contribution in [0.1, 0.15) is 0 Å². The highest BCUT2D eigenvalue weighted by Crippen LogP contribution is 2.27. The molecule has 18 heavy (non-hydrogen) atoms. The van der Waals surface area contributed by atoms with Crippen molar-refractivity contribution >= 4 is 28.5 Å². The summed E-state index contributed by atoms with van der Waals surface area (Å²) >= 11 is 6.02. The van der Waals surface area contributed by atoms with Gasteiger partial charge in [0.25, 0.3) is 0 Å². The lowest BCUT2D eigenvalue weighted by Crippen LogP contribution is -1.94. The Hall–Kier alpha value is -2.07. The standard InChI is InChI=1S/C13H11ClN4/c1-18-11-3-2-4-16-12(11)17-13(18)8-5-9(14)7-10(15)6-8/h2-7H,15H2,1H3. The molecule has 3 aromatic rings. The number of anilines is 1. The molecule has 0 saturated heterocycles. The molecule has 0 spiro atoms. The maximum absolute atomic E-state index is 6.02. The minimum atomic E-state index is 0.602. The molecule has 2 N–H and O–H groups in total. The van der Waals surface area contributed by atoms with Crippen LogP contribution in [0.3, 0.4) is 0 Å². The van der Waals surface area contributed by atoms with Crippen LogP contribution in [-0.2, 0) is 7.05 Å². The number of fused-ring (bicyclic) bond motifs is 1. The van der Waals surface area contributed by atoms with E-state index in [0.717, 1.165) is 16.9 Å². The summed E-state index contributed by atoms with van der Waals surface area (Å²) in [4.78, 5) is 8.74. The number of pyridine rings is 1. The normalized spacial score (nSPS) is 11.0. The van der Waals surface area contributed by atoms with Gasteiger partial charge in [-0.05, 0) is 30.3 Å². The lowest BCUT2D eigenvalue weighted by atomic mass is 10.2. The maximum Gasteiger partial charge on any atom is 0.178 e. The maximum atomic E-state index is 6.02. The van der Waals surface area contributed by atoms with E-state index in [4.69, 9.17) is 17.3 Å². The summed E-state index contributed by atoms with van der Waals surface area (Å²) < 4.78 is 1.98. The van der Waals surface area contributed by atoms with Gasteiger partial charge in [-0.15, -0.1) is 0 Å². The lowest BCUT2D eigenvalue weighted by molar-refractivity contribution is 0.959. The molecule has 0 fully saturated rings. The predicted octanol–water partition coefficient (Wildman–Crippen LogP) is 2.87. The first kappa shape index (κ1) is 11.0. The van der Waals surface area contributed by atoms with Gasteiger partial charge in [0.2, 0.25) is 0 Å². The van der Waals surface area contributed by atoms with Gasteiger partial charge < -0.3 is 10.3 Å². The second kappa shape index (κ2) is 3.99. The van der Waals surface area contributed by atoms with Crippen molar-refractivity contribution in [2.75, 3.05) is 5.73 Å². The monoisotopic (exact) mass is 258 g/mol. The predicted molar refractivity (Wildman–Crippen MR) is 73.4 cm³/mol. The average Bonchev–Trinajstić information content (AvgIpc) is 2.66. The van der Waals surface area contributed by atoms with E-state index < -0.39 is 0 Å². The van der Waals surface area contributed by atoms with Crippen molar-refractivity contribution in [3.63, 3.8) is 0 Å². The first-order valence-corrected chi connectivity index (χ1v) is 5.87. The average molecular weight is 259 g/mol. The number of aryl methyl sites for hydroxylation is 1. The van der Waals surface area contributed by atoms with E-state index in [-0.39, 0.29) is 0 Å². The van der Waals surface area contributed by atoms with Gasteiger partial charge in [0.05, 0.1) is 5.52 Å². The SMILES string of the molecule is Cn1c(-c2cc(N)cc(Cl)c2)nc2ncccc21. The van der Waals surface area contributed by atoms with Gasteiger partial charge in [0.15, 0.2) is 5.65 Å². The van der Waals surface area contributed by atoms with Gasteiger partial charge in [0, 0.05) is 29.5 Å². The van der Waals surface area contributed by atoms with Gasteiger partial charge in [-0.3, -0.25) is 0 Å². The summed E-state index contributed by atoms with van der Waals surface area (Å²) in [6, 6.07) is 9.28. The molecule has 0 unspecified atom stereocenters. The van der Waals surface area contributed by atoms with E-state index in [9.17, 15) is 0 Å². The zero-order chi connectivity index (χ0) is 12.7. The van der Waals surface area contributed by atoms with Crippen LogP contribution in [0.5, 0.6) is 0 Å². The fourth-order valence-corrected chi connectivity index (χ4v) is 2.27. The Bertz CT molecular complexity index is 713. The van der Waals surface area contributed by atoms with Crippen molar-refractivity contribution in [1.82, 2.24) is 14.5 Å². The van der Waals surface area contributed by atoms with Crippen molar-refractivity contribution in [2.24, 2.45) is 7.05 Å². The molecule has 0 atom stereocenters. The number of nitrogens with two attached hydrogens (primary N) is 1. The fraction of sp³-hybridized carbons (Fsp3) is 0.0769. The highest BCUT2D eigenvalue weighted by Gasteiger charge is 2.11. The molecule has 0 saturated carbocycles. The third-order valence-corrected chi connectivity index (χ3v) is 3.05. The van der Waals surface area contributed by atoms with Crippen LogP contribution >= 0.6 is 11.6 Å². The minimum Gasteiger partial charge on any atom is -0.399 e. The number of hydrogen-bond acceptors (Lipinski definition) is 3. The molecule has 5 heteroatoms. The number of rotatable bonds is 1. The molecule has 2 aromatic heterocycles. The number of imidazole rings is 1. The highest BCUT2D eigenvalue weighted by molar-refractivity contribution is 6.31. The largest absolute Gasteiger partial charge is 0.399 e. The molecular weight excluding hydrogens is 248 g/mol. The Morgan fingerprint density at radius 1 is 1.28 bits per heavy atom. The Labute approximate surface area is 109 Å². The van der Waals surface area contributed by atoms with Gasteiger partial charge in [-0.2, -0.15) is 0 Å². The Morgan fingerprint density at radius 2 is 2.11 bits per heavy atom. The number of aromatic nitrogens is 3. The Morgan fingerprint density at radius 3 is 2.83 bits per heavy atom. The molecule has 0 radical (unpaired) electrons. The van der Waals surface area contributed by atoms with Gasteiger partial charge in [0.1, 0.15) is 5.82 Å². The molecule has 0 amide bonds.